The van der Waals surface area contributed by atoms with E-state index in [0.29, 0.717) is 5.41 Å². The maximum absolute atomic E-state index is 5.08. The summed E-state index contributed by atoms with van der Waals surface area (Å²) in [5.74, 6) is 1.64. The van der Waals surface area contributed by atoms with Gasteiger partial charge in [-0.2, -0.15) is 0 Å². The molecule has 0 N–H and O–H groups in total. The summed E-state index contributed by atoms with van der Waals surface area (Å²) in [5, 5.41) is 0. The average molecular weight is 368 g/mol. The molecule has 3 rings (SSSR count). The van der Waals surface area contributed by atoms with Gasteiger partial charge >= 0.3 is 0 Å². The first-order valence-corrected chi connectivity index (χ1v) is 11.3. The van der Waals surface area contributed by atoms with Crippen LogP contribution in [0.3, 0.4) is 0 Å². The van der Waals surface area contributed by atoms with Crippen molar-refractivity contribution in [2.45, 2.75) is 86.0 Å². The summed E-state index contributed by atoms with van der Waals surface area (Å²) in [7, 11) is 0. The molecule has 0 spiro atoms. The molecule has 1 saturated carbocycles. The number of aryl methyl sites for hydroxylation is 1. The monoisotopic (exact) mass is 367 g/mol. The van der Waals surface area contributed by atoms with Crippen LogP contribution < -0.4 is 0 Å². The molecule has 1 aromatic rings. The Morgan fingerprint density at radius 1 is 1.15 bits per heavy atom. The van der Waals surface area contributed by atoms with Gasteiger partial charge in [0.15, 0.2) is 0 Å². The molecule has 2 aliphatic rings. The van der Waals surface area contributed by atoms with E-state index >= 15 is 0 Å². The normalized spacial score (nSPS) is 28.4. The third-order valence-corrected chi connectivity index (χ3v) is 6.73. The third-order valence-electron chi connectivity index (χ3n) is 6.73. The standard InChI is InChI=1S/C24H35N.C2H6/c1-5-15-24(4)22(12-13-23(24)25-16-14-18(2)3)21-11-10-19-8-6-7-9-20(19)17-21;1-2/h6-9,21-22H,2,5,10-17H2,1,3-4H3;1-2H3. The van der Waals surface area contributed by atoms with Crippen LogP contribution in [0.15, 0.2) is 41.4 Å². The average Bonchev–Trinajstić information content (AvgIpc) is 2.99. The van der Waals surface area contributed by atoms with Crippen LogP contribution in [0.4, 0.5) is 0 Å². The second-order valence-corrected chi connectivity index (χ2v) is 8.62. The van der Waals surface area contributed by atoms with Gasteiger partial charge in [-0.25, -0.2) is 0 Å². The maximum atomic E-state index is 5.08. The summed E-state index contributed by atoms with van der Waals surface area (Å²) in [6.07, 6.45) is 10.1. The minimum Gasteiger partial charge on any atom is -0.293 e. The zero-order valence-corrected chi connectivity index (χ0v) is 18.5. The highest BCUT2D eigenvalue weighted by atomic mass is 14.8. The van der Waals surface area contributed by atoms with Crippen LogP contribution in [-0.4, -0.2) is 12.3 Å². The van der Waals surface area contributed by atoms with Crippen molar-refractivity contribution in [3.05, 3.63) is 47.5 Å². The lowest BCUT2D eigenvalue weighted by atomic mass is 9.65. The van der Waals surface area contributed by atoms with Gasteiger partial charge in [0.2, 0.25) is 0 Å². The van der Waals surface area contributed by atoms with Crippen LogP contribution in [0.25, 0.3) is 0 Å². The number of hydrogen-bond donors (Lipinski definition) is 0. The molecular weight excluding hydrogens is 326 g/mol. The number of rotatable bonds is 6. The molecule has 0 saturated heterocycles. The summed E-state index contributed by atoms with van der Waals surface area (Å²) in [6, 6.07) is 9.10. The van der Waals surface area contributed by atoms with Crippen LogP contribution in [0, 0.1) is 17.3 Å². The fraction of sp³-hybridized carbons (Fsp3) is 0.654. The third kappa shape index (κ3) is 5.12. The minimum absolute atomic E-state index is 0.320. The van der Waals surface area contributed by atoms with E-state index in [1.54, 1.807) is 11.1 Å². The maximum Gasteiger partial charge on any atom is 0.0425 e. The smallest absolute Gasteiger partial charge is 0.0425 e. The molecule has 2 aliphatic carbocycles. The molecule has 1 aromatic carbocycles. The number of nitrogens with zero attached hydrogens (tertiary/aromatic N) is 1. The summed E-state index contributed by atoms with van der Waals surface area (Å²) in [6.45, 7) is 15.9. The Morgan fingerprint density at radius 2 is 1.85 bits per heavy atom. The molecule has 3 unspecified atom stereocenters. The van der Waals surface area contributed by atoms with Crippen molar-refractivity contribution in [1.29, 1.82) is 0 Å². The van der Waals surface area contributed by atoms with Crippen molar-refractivity contribution in [2.75, 3.05) is 6.54 Å². The minimum atomic E-state index is 0.320. The zero-order chi connectivity index (χ0) is 19.9. The van der Waals surface area contributed by atoms with E-state index in [1.165, 1.54) is 56.2 Å². The van der Waals surface area contributed by atoms with Crippen molar-refractivity contribution in [2.24, 2.45) is 22.2 Å². The fourth-order valence-electron chi connectivity index (χ4n) is 5.43. The highest BCUT2D eigenvalue weighted by Gasteiger charge is 2.46. The molecule has 1 fully saturated rings. The van der Waals surface area contributed by atoms with Crippen molar-refractivity contribution in [3.8, 4) is 0 Å². The number of hydrogen-bond acceptors (Lipinski definition) is 1. The van der Waals surface area contributed by atoms with Crippen molar-refractivity contribution in [1.82, 2.24) is 0 Å². The Labute approximate surface area is 168 Å². The molecule has 0 heterocycles. The second-order valence-electron chi connectivity index (χ2n) is 8.62. The van der Waals surface area contributed by atoms with E-state index in [4.69, 9.17) is 4.99 Å². The van der Waals surface area contributed by atoms with Gasteiger partial charge in [0, 0.05) is 17.7 Å². The molecule has 0 radical (unpaired) electrons. The largest absolute Gasteiger partial charge is 0.293 e. The van der Waals surface area contributed by atoms with Crippen LogP contribution >= 0.6 is 0 Å². The van der Waals surface area contributed by atoms with Crippen LogP contribution in [0.5, 0.6) is 0 Å². The number of aliphatic imine (C=N–C) groups is 1. The van der Waals surface area contributed by atoms with Crippen LogP contribution in [-0.2, 0) is 12.8 Å². The number of benzene rings is 1. The Kier molecular flexibility index (Phi) is 8.32. The molecule has 150 valence electrons. The van der Waals surface area contributed by atoms with E-state index in [1.807, 2.05) is 13.8 Å². The topological polar surface area (TPSA) is 12.4 Å². The van der Waals surface area contributed by atoms with Crippen molar-refractivity contribution < 1.29 is 0 Å². The fourth-order valence-corrected chi connectivity index (χ4v) is 5.43. The van der Waals surface area contributed by atoms with Gasteiger partial charge in [-0.3, -0.25) is 4.99 Å². The van der Waals surface area contributed by atoms with E-state index < -0.39 is 0 Å². The zero-order valence-electron chi connectivity index (χ0n) is 18.5. The Morgan fingerprint density at radius 3 is 2.52 bits per heavy atom. The lowest BCUT2D eigenvalue weighted by Gasteiger charge is -2.39. The van der Waals surface area contributed by atoms with Crippen molar-refractivity contribution >= 4 is 5.71 Å². The van der Waals surface area contributed by atoms with Gasteiger partial charge in [0.05, 0.1) is 0 Å². The summed E-state index contributed by atoms with van der Waals surface area (Å²) in [5.41, 5.74) is 6.27. The van der Waals surface area contributed by atoms with Crippen LogP contribution in [0.2, 0.25) is 0 Å². The summed E-state index contributed by atoms with van der Waals surface area (Å²) < 4.78 is 0. The van der Waals surface area contributed by atoms with Gasteiger partial charge in [-0.05, 0) is 74.8 Å². The molecule has 0 aromatic heterocycles. The second kappa shape index (κ2) is 10.2. The SMILES string of the molecule is C=C(C)CCN=C1CCC(C2CCc3ccccc3C2)C1(C)CCC.CC. The molecule has 0 aliphatic heterocycles. The predicted molar refractivity (Wildman–Crippen MR) is 121 cm³/mol. The molecular formula is C26H41N. The molecule has 3 atom stereocenters. The molecule has 27 heavy (non-hydrogen) atoms. The van der Waals surface area contributed by atoms with Gasteiger partial charge in [-0.1, -0.05) is 64.0 Å². The Hall–Kier alpha value is -1.37. The lowest BCUT2D eigenvalue weighted by Crippen LogP contribution is -2.36. The first-order valence-electron chi connectivity index (χ1n) is 11.3. The highest BCUT2D eigenvalue weighted by Crippen LogP contribution is 2.51. The molecule has 1 heteroatoms. The van der Waals surface area contributed by atoms with Gasteiger partial charge in [0.25, 0.3) is 0 Å². The Balaban J connectivity index is 0.00000126. The Bertz CT molecular complexity index is 641. The van der Waals surface area contributed by atoms with Crippen molar-refractivity contribution in [3.63, 3.8) is 0 Å². The van der Waals surface area contributed by atoms with Gasteiger partial charge < -0.3 is 0 Å². The first-order chi connectivity index (χ1) is 13.0. The quantitative estimate of drug-likeness (QED) is 0.463. The lowest BCUT2D eigenvalue weighted by molar-refractivity contribution is 0.175. The highest BCUT2D eigenvalue weighted by molar-refractivity contribution is 5.92. The first kappa shape index (κ1) is 21.9. The van der Waals surface area contributed by atoms with E-state index in [9.17, 15) is 0 Å². The number of fused-ring (bicyclic) bond motifs is 1. The van der Waals surface area contributed by atoms with Gasteiger partial charge in [0.1, 0.15) is 0 Å². The summed E-state index contributed by atoms with van der Waals surface area (Å²) in [4.78, 5) is 5.08. The van der Waals surface area contributed by atoms with E-state index in [0.717, 1.165) is 24.8 Å². The summed E-state index contributed by atoms with van der Waals surface area (Å²) >= 11 is 0. The van der Waals surface area contributed by atoms with Gasteiger partial charge in [-0.15, -0.1) is 6.58 Å². The molecule has 1 nitrogen and oxygen atoms in total. The molecule has 0 amide bonds. The van der Waals surface area contributed by atoms with E-state index in [-0.39, 0.29) is 0 Å². The molecule has 0 bridgehead atoms. The van der Waals surface area contributed by atoms with E-state index in [2.05, 4.69) is 51.6 Å². The predicted octanol–water partition coefficient (Wildman–Crippen LogP) is 7.44. The van der Waals surface area contributed by atoms with Crippen LogP contribution in [0.1, 0.15) is 84.3 Å².